The van der Waals surface area contributed by atoms with Crippen molar-refractivity contribution >= 4 is 10.0 Å². The van der Waals surface area contributed by atoms with Crippen molar-refractivity contribution in [1.29, 1.82) is 0 Å². The first-order valence-electron chi connectivity index (χ1n) is 10.8. The van der Waals surface area contributed by atoms with Gasteiger partial charge in [-0.15, -0.1) is 5.10 Å². The molecular weight excluding hydrogens is 426 g/mol. The van der Waals surface area contributed by atoms with E-state index in [0.29, 0.717) is 18.0 Å². The van der Waals surface area contributed by atoms with E-state index in [4.69, 9.17) is 4.74 Å². The second-order valence-corrected chi connectivity index (χ2v) is 9.95. The summed E-state index contributed by atoms with van der Waals surface area (Å²) in [5.74, 6) is 0.792. The molecule has 1 aliphatic rings. The number of sulfonamides is 1. The van der Waals surface area contributed by atoms with Gasteiger partial charge in [0.25, 0.3) is 0 Å². The molecule has 0 bridgehead atoms. The van der Waals surface area contributed by atoms with Gasteiger partial charge in [0, 0.05) is 44.8 Å². The van der Waals surface area contributed by atoms with E-state index in [9.17, 15) is 8.42 Å². The fourth-order valence-electron chi connectivity index (χ4n) is 3.83. The van der Waals surface area contributed by atoms with E-state index < -0.39 is 10.0 Å². The molecule has 2 heterocycles. The fourth-order valence-corrected chi connectivity index (χ4v) is 5.25. The van der Waals surface area contributed by atoms with Crippen molar-refractivity contribution in [3.05, 3.63) is 60.3 Å². The highest BCUT2D eigenvalue weighted by molar-refractivity contribution is 7.89. The normalized spacial score (nSPS) is 15.7. The van der Waals surface area contributed by atoms with Gasteiger partial charge in [-0.05, 0) is 37.6 Å². The second kappa shape index (κ2) is 9.81. The van der Waals surface area contributed by atoms with Crippen LogP contribution in [0.25, 0.3) is 11.3 Å². The predicted octanol–water partition coefficient (Wildman–Crippen LogP) is 2.66. The Balaban J connectivity index is 1.25. The van der Waals surface area contributed by atoms with Crippen LogP contribution >= 0.6 is 0 Å². The minimum Gasteiger partial charge on any atom is -0.497 e. The monoisotopic (exact) mass is 455 g/mol. The molecule has 2 aromatic carbocycles. The van der Waals surface area contributed by atoms with Crippen LogP contribution in [0.1, 0.15) is 12.0 Å². The van der Waals surface area contributed by atoms with Crippen molar-refractivity contribution in [2.24, 2.45) is 0 Å². The molecule has 3 aromatic rings. The van der Waals surface area contributed by atoms with E-state index in [0.717, 1.165) is 55.2 Å². The van der Waals surface area contributed by atoms with Crippen molar-refractivity contribution in [2.45, 2.75) is 24.8 Å². The van der Waals surface area contributed by atoms with Crippen molar-refractivity contribution in [3.63, 3.8) is 0 Å². The molecule has 4 rings (SSSR count). The van der Waals surface area contributed by atoms with E-state index >= 15 is 0 Å². The summed E-state index contributed by atoms with van der Waals surface area (Å²) in [6.45, 7) is 6.10. The number of hydrogen-bond acceptors (Lipinski definition) is 6. The lowest BCUT2D eigenvalue weighted by molar-refractivity contribution is 0.183. The number of piperazine rings is 1. The molecule has 170 valence electrons. The van der Waals surface area contributed by atoms with E-state index in [1.807, 2.05) is 54.2 Å². The van der Waals surface area contributed by atoms with Crippen LogP contribution in [0.5, 0.6) is 5.75 Å². The van der Waals surface area contributed by atoms with Gasteiger partial charge < -0.3 is 9.64 Å². The van der Waals surface area contributed by atoms with Gasteiger partial charge in [0.2, 0.25) is 10.0 Å². The SMILES string of the molecule is COc1cccc(-c2cn(CCCN3CCN(S(=O)(=O)c4ccc(C)cc4)CC3)nn2)c1. The maximum Gasteiger partial charge on any atom is 0.243 e. The van der Waals surface area contributed by atoms with Crippen LogP contribution in [-0.4, -0.2) is 72.5 Å². The Labute approximate surface area is 189 Å². The van der Waals surface area contributed by atoms with Crippen LogP contribution in [0.4, 0.5) is 0 Å². The van der Waals surface area contributed by atoms with Gasteiger partial charge in [-0.25, -0.2) is 8.42 Å². The molecule has 1 fully saturated rings. The lowest BCUT2D eigenvalue weighted by Gasteiger charge is -2.34. The van der Waals surface area contributed by atoms with Gasteiger partial charge in [-0.1, -0.05) is 35.0 Å². The Morgan fingerprint density at radius 1 is 1.00 bits per heavy atom. The number of rotatable bonds is 8. The largest absolute Gasteiger partial charge is 0.497 e. The number of aryl methyl sites for hydroxylation is 2. The number of ether oxygens (including phenoxy) is 1. The Hall–Kier alpha value is -2.75. The topological polar surface area (TPSA) is 80.6 Å². The lowest BCUT2D eigenvalue weighted by atomic mass is 10.1. The zero-order valence-electron chi connectivity index (χ0n) is 18.5. The van der Waals surface area contributed by atoms with Gasteiger partial charge in [0.1, 0.15) is 11.4 Å². The molecule has 0 aliphatic carbocycles. The second-order valence-electron chi connectivity index (χ2n) is 8.01. The average Bonchev–Trinajstić information content (AvgIpc) is 3.29. The third-order valence-corrected chi connectivity index (χ3v) is 7.67. The Morgan fingerprint density at radius 2 is 1.75 bits per heavy atom. The average molecular weight is 456 g/mol. The number of methoxy groups -OCH3 is 1. The van der Waals surface area contributed by atoms with Crippen molar-refractivity contribution in [1.82, 2.24) is 24.2 Å². The van der Waals surface area contributed by atoms with Crippen LogP contribution in [0.2, 0.25) is 0 Å². The lowest BCUT2D eigenvalue weighted by Crippen LogP contribution is -2.48. The smallest absolute Gasteiger partial charge is 0.243 e. The zero-order valence-corrected chi connectivity index (χ0v) is 19.3. The third kappa shape index (κ3) is 5.17. The van der Waals surface area contributed by atoms with Crippen molar-refractivity contribution < 1.29 is 13.2 Å². The molecule has 1 aliphatic heterocycles. The Morgan fingerprint density at radius 3 is 2.47 bits per heavy atom. The van der Waals surface area contributed by atoms with Gasteiger partial charge in [-0.3, -0.25) is 4.68 Å². The van der Waals surface area contributed by atoms with Gasteiger partial charge in [0.15, 0.2) is 0 Å². The quantitative estimate of drug-likeness (QED) is 0.520. The van der Waals surface area contributed by atoms with Crippen LogP contribution in [0.3, 0.4) is 0 Å². The van der Waals surface area contributed by atoms with Crippen molar-refractivity contribution in [2.75, 3.05) is 39.8 Å². The van der Waals surface area contributed by atoms with Crippen molar-refractivity contribution in [3.8, 4) is 17.0 Å². The molecule has 32 heavy (non-hydrogen) atoms. The molecule has 1 saturated heterocycles. The summed E-state index contributed by atoms with van der Waals surface area (Å²) in [6.07, 6.45) is 2.87. The summed E-state index contributed by atoms with van der Waals surface area (Å²) in [4.78, 5) is 2.68. The third-order valence-electron chi connectivity index (χ3n) is 5.76. The van der Waals surface area contributed by atoms with Crippen LogP contribution in [0, 0.1) is 6.92 Å². The summed E-state index contributed by atoms with van der Waals surface area (Å²) in [7, 11) is -1.77. The number of hydrogen-bond donors (Lipinski definition) is 0. The van der Waals surface area contributed by atoms with E-state index in [1.54, 1.807) is 23.5 Å². The van der Waals surface area contributed by atoms with Crippen LogP contribution in [0.15, 0.2) is 59.6 Å². The molecule has 0 spiro atoms. The minimum absolute atomic E-state index is 0.370. The number of aromatic nitrogens is 3. The maximum absolute atomic E-state index is 12.8. The van der Waals surface area contributed by atoms with E-state index in [1.165, 1.54) is 0 Å². The molecular formula is C23H29N5O3S. The first-order chi connectivity index (χ1) is 15.5. The first-order valence-corrected chi connectivity index (χ1v) is 12.2. The Bertz CT molecular complexity index is 1140. The first kappa shape index (κ1) is 22.4. The zero-order chi connectivity index (χ0) is 22.6. The van der Waals surface area contributed by atoms with E-state index in [2.05, 4.69) is 15.2 Å². The number of nitrogens with zero attached hydrogens (tertiary/aromatic N) is 5. The van der Waals surface area contributed by atoms with Crippen LogP contribution in [-0.2, 0) is 16.6 Å². The fraction of sp³-hybridized carbons (Fsp3) is 0.391. The minimum atomic E-state index is -3.42. The summed E-state index contributed by atoms with van der Waals surface area (Å²) in [5, 5.41) is 8.50. The summed E-state index contributed by atoms with van der Waals surface area (Å²) in [5.41, 5.74) is 2.84. The Kier molecular flexibility index (Phi) is 6.88. The van der Waals surface area contributed by atoms with Crippen LogP contribution < -0.4 is 4.74 Å². The molecule has 0 unspecified atom stereocenters. The van der Waals surface area contributed by atoms with Gasteiger partial charge in [-0.2, -0.15) is 4.31 Å². The molecule has 0 amide bonds. The molecule has 0 atom stereocenters. The molecule has 0 saturated carbocycles. The molecule has 8 nitrogen and oxygen atoms in total. The summed E-state index contributed by atoms with van der Waals surface area (Å²) >= 11 is 0. The van der Waals surface area contributed by atoms with E-state index in [-0.39, 0.29) is 0 Å². The maximum atomic E-state index is 12.8. The number of benzene rings is 2. The van der Waals surface area contributed by atoms with Gasteiger partial charge in [0.05, 0.1) is 18.2 Å². The molecule has 9 heteroatoms. The highest BCUT2D eigenvalue weighted by Crippen LogP contribution is 2.22. The van der Waals surface area contributed by atoms with Gasteiger partial charge >= 0.3 is 0 Å². The highest BCUT2D eigenvalue weighted by atomic mass is 32.2. The summed E-state index contributed by atoms with van der Waals surface area (Å²) < 4.78 is 34.4. The molecule has 1 aromatic heterocycles. The predicted molar refractivity (Wildman–Crippen MR) is 123 cm³/mol. The standard InChI is InChI=1S/C23H29N5O3S/c1-19-7-9-22(10-8-19)32(29,30)28-15-13-26(14-16-28)11-4-12-27-18-23(24-25-27)20-5-3-6-21(17-20)31-2/h3,5-10,17-18H,4,11-16H2,1-2H3. The summed E-state index contributed by atoms with van der Waals surface area (Å²) in [6, 6.07) is 14.8. The molecule has 0 radical (unpaired) electrons. The highest BCUT2D eigenvalue weighted by Gasteiger charge is 2.28. The molecule has 0 N–H and O–H groups in total.